The molecule has 0 aliphatic heterocycles. The zero-order valence-electron chi connectivity index (χ0n) is 7.59. The quantitative estimate of drug-likeness (QED) is 0.579. The van der Waals surface area contributed by atoms with Gasteiger partial charge in [0.2, 0.25) is 0 Å². The van der Waals surface area contributed by atoms with Gasteiger partial charge in [0.15, 0.2) is 11.6 Å². The first-order valence-electron chi connectivity index (χ1n) is 4.35. The molecule has 0 heterocycles. The van der Waals surface area contributed by atoms with Crippen molar-refractivity contribution in [2.75, 3.05) is 6.61 Å². The van der Waals surface area contributed by atoms with Crippen molar-refractivity contribution in [3.05, 3.63) is 24.0 Å². The molecule has 0 spiro atoms. The van der Waals surface area contributed by atoms with E-state index in [4.69, 9.17) is 4.74 Å². The van der Waals surface area contributed by atoms with Gasteiger partial charge in [-0.05, 0) is 24.6 Å². The number of unbranched alkanes of at least 4 members (excludes halogenated alkanes) is 1. The summed E-state index contributed by atoms with van der Waals surface area (Å²) < 4.78 is 18.3. The molecule has 1 nitrogen and oxygen atoms in total. The third-order valence-electron chi connectivity index (χ3n) is 1.67. The van der Waals surface area contributed by atoms with Crippen molar-refractivity contribution in [2.45, 2.75) is 24.7 Å². The van der Waals surface area contributed by atoms with E-state index in [1.807, 2.05) is 0 Å². The van der Waals surface area contributed by atoms with Crippen LogP contribution in [0.25, 0.3) is 0 Å². The normalized spacial score (nSPS) is 10.1. The standard InChI is InChI=1S/C10H13FOS/c1-2-3-6-12-10-5-4-8(13)7-9(10)11/h4-5,7,13H,2-3,6H2,1H3. The number of halogens is 1. The van der Waals surface area contributed by atoms with Gasteiger partial charge in [-0.25, -0.2) is 4.39 Å². The van der Waals surface area contributed by atoms with Crippen LogP contribution in [0, 0.1) is 5.82 Å². The molecule has 0 saturated carbocycles. The van der Waals surface area contributed by atoms with Gasteiger partial charge in [0.05, 0.1) is 6.61 Å². The number of thiol groups is 1. The molecule has 0 atom stereocenters. The highest BCUT2D eigenvalue weighted by molar-refractivity contribution is 7.80. The Labute approximate surface area is 83.3 Å². The third kappa shape index (κ3) is 3.27. The first-order valence-corrected chi connectivity index (χ1v) is 4.80. The molecule has 1 aromatic rings. The molecule has 0 fully saturated rings. The molecule has 0 saturated heterocycles. The Kier molecular flexibility index (Phi) is 4.09. The van der Waals surface area contributed by atoms with Gasteiger partial charge < -0.3 is 4.74 Å². The van der Waals surface area contributed by atoms with Crippen LogP contribution in [0.4, 0.5) is 4.39 Å². The molecule has 0 bridgehead atoms. The van der Waals surface area contributed by atoms with Gasteiger partial charge in [0.25, 0.3) is 0 Å². The highest BCUT2D eigenvalue weighted by Crippen LogP contribution is 2.20. The smallest absolute Gasteiger partial charge is 0.166 e. The van der Waals surface area contributed by atoms with Crippen LogP contribution < -0.4 is 4.74 Å². The summed E-state index contributed by atoms with van der Waals surface area (Å²) in [5.74, 6) is -0.0325. The minimum Gasteiger partial charge on any atom is -0.491 e. The van der Waals surface area contributed by atoms with Crippen molar-refractivity contribution in [2.24, 2.45) is 0 Å². The predicted molar refractivity (Wildman–Crippen MR) is 54.1 cm³/mol. The van der Waals surface area contributed by atoms with Crippen LogP contribution in [0.3, 0.4) is 0 Å². The fraction of sp³-hybridized carbons (Fsp3) is 0.400. The van der Waals surface area contributed by atoms with Gasteiger partial charge in [0, 0.05) is 4.90 Å². The van der Waals surface area contributed by atoms with Crippen molar-refractivity contribution in [1.29, 1.82) is 0 Å². The fourth-order valence-electron chi connectivity index (χ4n) is 0.933. The first kappa shape index (κ1) is 10.4. The van der Waals surface area contributed by atoms with Crippen molar-refractivity contribution in [3.8, 4) is 5.75 Å². The van der Waals surface area contributed by atoms with Crippen molar-refractivity contribution in [3.63, 3.8) is 0 Å². The molecule has 1 aromatic carbocycles. The van der Waals surface area contributed by atoms with Gasteiger partial charge in [-0.3, -0.25) is 0 Å². The highest BCUT2D eigenvalue weighted by Gasteiger charge is 2.02. The molecular formula is C10H13FOS. The first-order chi connectivity index (χ1) is 6.24. The molecule has 0 amide bonds. The predicted octanol–water partition coefficient (Wildman–Crippen LogP) is 3.29. The largest absolute Gasteiger partial charge is 0.491 e. The summed E-state index contributed by atoms with van der Waals surface area (Å²) in [7, 11) is 0. The maximum atomic E-state index is 13.1. The monoisotopic (exact) mass is 200 g/mol. The van der Waals surface area contributed by atoms with E-state index in [1.165, 1.54) is 6.07 Å². The minimum absolute atomic E-state index is 0.311. The van der Waals surface area contributed by atoms with E-state index in [1.54, 1.807) is 12.1 Å². The average Bonchev–Trinajstić information content (AvgIpc) is 2.09. The molecule has 0 unspecified atom stereocenters. The third-order valence-corrected chi connectivity index (χ3v) is 1.95. The molecule has 0 radical (unpaired) electrons. The van der Waals surface area contributed by atoms with Gasteiger partial charge >= 0.3 is 0 Å². The Morgan fingerprint density at radius 2 is 2.23 bits per heavy atom. The SMILES string of the molecule is CCCCOc1ccc(S)cc1F. The van der Waals surface area contributed by atoms with Gasteiger partial charge in [0.1, 0.15) is 0 Å². The zero-order valence-corrected chi connectivity index (χ0v) is 8.48. The van der Waals surface area contributed by atoms with Crippen LogP contribution in [0.1, 0.15) is 19.8 Å². The molecule has 13 heavy (non-hydrogen) atoms. The number of rotatable bonds is 4. The molecule has 72 valence electrons. The molecule has 1 rings (SSSR count). The van der Waals surface area contributed by atoms with E-state index in [0.717, 1.165) is 12.8 Å². The van der Waals surface area contributed by atoms with Crippen molar-refractivity contribution in [1.82, 2.24) is 0 Å². The van der Waals surface area contributed by atoms with E-state index in [-0.39, 0.29) is 5.82 Å². The fourth-order valence-corrected chi connectivity index (χ4v) is 1.12. The summed E-state index contributed by atoms with van der Waals surface area (Å²) in [6.45, 7) is 2.63. The van der Waals surface area contributed by atoms with E-state index in [9.17, 15) is 4.39 Å². The van der Waals surface area contributed by atoms with Gasteiger partial charge in [-0.1, -0.05) is 13.3 Å². The minimum atomic E-state index is -0.344. The van der Waals surface area contributed by atoms with Crippen LogP contribution in [0.15, 0.2) is 23.1 Å². The van der Waals surface area contributed by atoms with E-state index in [2.05, 4.69) is 19.6 Å². The summed E-state index contributed by atoms with van der Waals surface area (Å²) in [5, 5.41) is 0. The van der Waals surface area contributed by atoms with Crippen LogP contribution in [-0.4, -0.2) is 6.61 Å². The maximum Gasteiger partial charge on any atom is 0.166 e. The lowest BCUT2D eigenvalue weighted by molar-refractivity contribution is 0.294. The van der Waals surface area contributed by atoms with Crippen LogP contribution in [0.2, 0.25) is 0 Å². The summed E-state index contributed by atoms with van der Waals surface area (Å²) in [6, 6.07) is 4.67. The maximum absolute atomic E-state index is 13.1. The second kappa shape index (κ2) is 5.12. The van der Waals surface area contributed by atoms with Crippen molar-refractivity contribution >= 4 is 12.6 Å². The van der Waals surface area contributed by atoms with Gasteiger partial charge in [-0.2, -0.15) is 0 Å². The van der Waals surface area contributed by atoms with E-state index < -0.39 is 0 Å². The number of hydrogen-bond donors (Lipinski definition) is 1. The highest BCUT2D eigenvalue weighted by atomic mass is 32.1. The second-order valence-electron chi connectivity index (χ2n) is 2.82. The lowest BCUT2D eigenvalue weighted by atomic mass is 10.3. The molecule has 0 aromatic heterocycles. The Bertz CT molecular complexity index is 276. The Morgan fingerprint density at radius 1 is 1.46 bits per heavy atom. The average molecular weight is 200 g/mol. The van der Waals surface area contributed by atoms with Crippen LogP contribution >= 0.6 is 12.6 Å². The Balaban J connectivity index is 2.56. The summed E-state index contributed by atoms with van der Waals surface area (Å²) >= 11 is 4.02. The van der Waals surface area contributed by atoms with Crippen LogP contribution in [0.5, 0.6) is 5.75 Å². The number of benzene rings is 1. The lowest BCUT2D eigenvalue weighted by Gasteiger charge is -2.06. The van der Waals surface area contributed by atoms with E-state index >= 15 is 0 Å². The molecular weight excluding hydrogens is 187 g/mol. The molecule has 3 heteroatoms. The van der Waals surface area contributed by atoms with Crippen LogP contribution in [-0.2, 0) is 0 Å². The van der Waals surface area contributed by atoms with E-state index in [0.29, 0.717) is 17.3 Å². The molecule has 0 aliphatic carbocycles. The summed E-state index contributed by atoms with van der Waals surface area (Å²) in [6.07, 6.45) is 1.99. The summed E-state index contributed by atoms with van der Waals surface area (Å²) in [5.41, 5.74) is 0. The second-order valence-corrected chi connectivity index (χ2v) is 3.33. The van der Waals surface area contributed by atoms with Gasteiger partial charge in [-0.15, -0.1) is 12.6 Å². The Morgan fingerprint density at radius 3 is 2.85 bits per heavy atom. The number of ether oxygens (including phenoxy) is 1. The molecule has 0 aliphatic rings. The van der Waals surface area contributed by atoms with Crippen molar-refractivity contribution < 1.29 is 9.13 Å². The Hall–Kier alpha value is -0.700. The number of hydrogen-bond acceptors (Lipinski definition) is 2. The lowest BCUT2D eigenvalue weighted by Crippen LogP contribution is -1.98. The summed E-state index contributed by atoms with van der Waals surface area (Å²) in [4.78, 5) is 0.611. The topological polar surface area (TPSA) is 9.23 Å². The zero-order chi connectivity index (χ0) is 9.68. The molecule has 0 N–H and O–H groups in total.